The van der Waals surface area contributed by atoms with Crippen molar-refractivity contribution in [2.24, 2.45) is 0 Å². The largest absolute Gasteiger partial charge is 2.00 e. The number of halogens is 1. The van der Waals surface area contributed by atoms with Crippen molar-refractivity contribution in [3.63, 3.8) is 0 Å². The minimum Gasteiger partial charge on any atom is -0.381 e. The number of rotatable bonds is 3. The molecule has 0 bridgehead atoms. The van der Waals surface area contributed by atoms with Gasteiger partial charge < -0.3 is 5.32 Å². The van der Waals surface area contributed by atoms with Crippen molar-refractivity contribution >= 4 is 21.6 Å². The van der Waals surface area contributed by atoms with Crippen LogP contribution in [0.3, 0.4) is 0 Å². The van der Waals surface area contributed by atoms with Gasteiger partial charge in [0.25, 0.3) is 0 Å². The van der Waals surface area contributed by atoms with Crippen molar-refractivity contribution in [1.29, 1.82) is 0 Å². The van der Waals surface area contributed by atoms with Crippen molar-refractivity contribution in [3.8, 4) is 0 Å². The van der Waals surface area contributed by atoms with Gasteiger partial charge in [0, 0.05) is 16.2 Å². The third kappa shape index (κ3) is 6.34. The van der Waals surface area contributed by atoms with Gasteiger partial charge in [-0.1, -0.05) is 15.9 Å². The predicted octanol–water partition coefficient (Wildman–Crippen LogP) is 5.74. The molecule has 0 fully saturated rings. The summed E-state index contributed by atoms with van der Waals surface area (Å²) in [6.45, 7) is 2.16. The van der Waals surface area contributed by atoms with Gasteiger partial charge in [-0.2, -0.15) is 30.3 Å². The Morgan fingerprint density at radius 2 is 1.62 bits per heavy atom. The third-order valence-corrected chi connectivity index (χ3v) is 3.50. The quantitative estimate of drug-likeness (QED) is 0.448. The zero-order valence-electron chi connectivity index (χ0n) is 11.8. The Morgan fingerprint density at radius 1 is 0.952 bits per heavy atom. The second-order valence-electron chi connectivity index (χ2n) is 4.55. The van der Waals surface area contributed by atoms with Crippen LogP contribution in [0.2, 0.25) is 0 Å². The fourth-order valence-corrected chi connectivity index (χ4v) is 2.14. The molecule has 21 heavy (non-hydrogen) atoms. The Balaban J connectivity index is 0.000000313. The van der Waals surface area contributed by atoms with Gasteiger partial charge in [-0.15, -0.1) is 5.56 Å². The van der Waals surface area contributed by atoms with Gasteiger partial charge in [0.15, 0.2) is 0 Å². The Hall–Kier alpha value is -1.28. The van der Waals surface area contributed by atoms with Gasteiger partial charge in [0.05, 0.1) is 0 Å². The van der Waals surface area contributed by atoms with Gasteiger partial charge in [-0.25, -0.2) is 24.3 Å². The molecule has 3 heteroatoms. The molecule has 3 aromatic carbocycles. The average Bonchev–Trinajstić information content (AvgIpc) is 3.17. The molecule has 3 aromatic rings. The summed E-state index contributed by atoms with van der Waals surface area (Å²) in [4.78, 5) is 0. The van der Waals surface area contributed by atoms with E-state index in [1.165, 1.54) is 5.56 Å². The summed E-state index contributed by atoms with van der Waals surface area (Å²) in [7, 11) is 0. The summed E-state index contributed by atoms with van der Waals surface area (Å²) >= 11 is 3.42. The normalized spacial score (nSPS) is 10.8. The monoisotopic (exact) mass is 383 g/mol. The van der Waals surface area contributed by atoms with E-state index in [9.17, 15) is 0 Å². The molecule has 0 aliphatic rings. The van der Waals surface area contributed by atoms with Gasteiger partial charge in [-0.3, -0.25) is 0 Å². The molecule has 1 nitrogen and oxygen atoms in total. The van der Waals surface area contributed by atoms with Crippen LogP contribution >= 0.6 is 15.9 Å². The molecular formula is C18H18BrFeN. The van der Waals surface area contributed by atoms with E-state index in [0.717, 1.165) is 10.2 Å². The predicted molar refractivity (Wildman–Crippen MR) is 90.2 cm³/mol. The van der Waals surface area contributed by atoms with Crippen LogP contribution < -0.4 is 5.32 Å². The van der Waals surface area contributed by atoms with Crippen LogP contribution in [0, 0.1) is 0 Å². The first kappa shape index (κ1) is 17.8. The van der Waals surface area contributed by atoms with E-state index in [4.69, 9.17) is 0 Å². The van der Waals surface area contributed by atoms with Crippen LogP contribution in [0.15, 0.2) is 83.3 Å². The zero-order chi connectivity index (χ0) is 14.2. The second-order valence-corrected chi connectivity index (χ2v) is 5.47. The van der Waals surface area contributed by atoms with Crippen LogP contribution in [-0.4, -0.2) is 0 Å². The number of benzene rings is 1. The van der Waals surface area contributed by atoms with E-state index in [1.807, 2.05) is 42.5 Å². The number of hydrogen-bond donors (Lipinski definition) is 1. The van der Waals surface area contributed by atoms with Gasteiger partial charge >= 0.3 is 17.1 Å². The molecule has 0 aliphatic heterocycles. The maximum atomic E-state index is 3.45. The number of anilines is 1. The van der Waals surface area contributed by atoms with Crippen LogP contribution in [0.5, 0.6) is 0 Å². The molecule has 0 amide bonds. The van der Waals surface area contributed by atoms with Crippen LogP contribution in [0.1, 0.15) is 18.5 Å². The van der Waals surface area contributed by atoms with E-state index in [0.29, 0.717) is 6.04 Å². The molecule has 0 aromatic heterocycles. The summed E-state index contributed by atoms with van der Waals surface area (Å²) in [5.41, 5.74) is 2.46. The van der Waals surface area contributed by atoms with Crippen LogP contribution in [0.4, 0.5) is 5.69 Å². The molecule has 0 aliphatic carbocycles. The molecule has 110 valence electrons. The van der Waals surface area contributed by atoms with Crippen LogP contribution in [0.25, 0.3) is 0 Å². The third-order valence-electron chi connectivity index (χ3n) is 2.97. The molecule has 0 saturated heterocycles. The fraction of sp³-hybridized carbons (Fsp3) is 0.111. The van der Waals surface area contributed by atoms with E-state index in [1.54, 1.807) is 0 Å². The maximum Gasteiger partial charge on any atom is 2.00 e. The molecule has 0 radical (unpaired) electrons. The molecule has 1 N–H and O–H groups in total. The molecule has 0 saturated carbocycles. The van der Waals surface area contributed by atoms with Gasteiger partial charge in [0.1, 0.15) is 0 Å². The Bertz CT molecular complexity index is 553. The van der Waals surface area contributed by atoms with E-state index in [-0.39, 0.29) is 17.1 Å². The summed E-state index contributed by atoms with van der Waals surface area (Å²) in [5.74, 6) is 0. The number of hydrogen-bond acceptors (Lipinski definition) is 1. The Morgan fingerprint density at radius 3 is 2.10 bits per heavy atom. The first-order valence-corrected chi connectivity index (χ1v) is 7.45. The molecular weight excluding hydrogens is 366 g/mol. The van der Waals surface area contributed by atoms with Gasteiger partial charge in [0.2, 0.25) is 0 Å². The second kappa shape index (κ2) is 9.62. The SMILES string of the molecule is CC(Nc1ccc(Br)cc1)c1ccc[cH-]1.[Fe+2].c1cc[cH-]c1. The van der Waals surface area contributed by atoms with E-state index in [2.05, 4.69) is 64.6 Å². The first-order chi connectivity index (χ1) is 9.75. The number of nitrogens with one attached hydrogen (secondary N) is 1. The van der Waals surface area contributed by atoms with Crippen LogP contribution in [-0.2, 0) is 17.1 Å². The van der Waals surface area contributed by atoms with Crippen molar-refractivity contribution < 1.29 is 17.1 Å². The molecule has 3 rings (SSSR count). The zero-order valence-corrected chi connectivity index (χ0v) is 14.5. The minimum absolute atomic E-state index is 0. The summed E-state index contributed by atoms with van der Waals surface area (Å²) in [6.07, 6.45) is 0. The molecule has 1 unspecified atom stereocenters. The smallest absolute Gasteiger partial charge is 0.381 e. The maximum absolute atomic E-state index is 3.45. The summed E-state index contributed by atoms with van der Waals surface area (Å²) < 4.78 is 1.11. The standard InChI is InChI=1S/C13H13BrN.C5H5.Fe/c1-10(11-4-2-3-5-11)15-13-8-6-12(14)7-9-13;1-2-4-5-3-1;/h2-10,15H,1H3;1-5H;/q2*-1;+2. The molecule has 0 heterocycles. The molecule has 1 atom stereocenters. The minimum atomic E-state index is 0. The Labute approximate surface area is 145 Å². The van der Waals surface area contributed by atoms with Crippen molar-refractivity contribution in [3.05, 3.63) is 88.9 Å². The fourth-order valence-electron chi connectivity index (χ4n) is 1.88. The first-order valence-electron chi connectivity index (χ1n) is 6.66. The average molecular weight is 384 g/mol. The Kier molecular flexibility index (Phi) is 8.14. The van der Waals surface area contributed by atoms with Crippen molar-refractivity contribution in [2.45, 2.75) is 13.0 Å². The summed E-state index contributed by atoms with van der Waals surface area (Å²) in [6, 6.07) is 27.0. The van der Waals surface area contributed by atoms with Crippen molar-refractivity contribution in [1.82, 2.24) is 0 Å². The molecule has 0 spiro atoms. The summed E-state index contributed by atoms with van der Waals surface area (Å²) in [5, 5.41) is 3.45. The van der Waals surface area contributed by atoms with Gasteiger partial charge in [-0.05, 0) is 31.2 Å². The van der Waals surface area contributed by atoms with E-state index >= 15 is 0 Å². The topological polar surface area (TPSA) is 12.0 Å². The van der Waals surface area contributed by atoms with E-state index < -0.39 is 0 Å². The van der Waals surface area contributed by atoms with Crippen molar-refractivity contribution in [2.75, 3.05) is 5.32 Å².